The highest BCUT2D eigenvalue weighted by atomic mass is 16.5. The van der Waals surface area contributed by atoms with Crippen molar-refractivity contribution in [2.24, 2.45) is 0 Å². The van der Waals surface area contributed by atoms with Crippen molar-refractivity contribution in [2.75, 3.05) is 12.4 Å². The first kappa shape index (κ1) is 13.2. The van der Waals surface area contributed by atoms with E-state index >= 15 is 0 Å². The number of methoxy groups -OCH3 is 1. The van der Waals surface area contributed by atoms with Crippen LogP contribution in [0, 0.1) is 0 Å². The third kappa shape index (κ3) is 2.72. The van der Waals surface area contributed by atoms with Gasteiger partial charge in [0.25, 0.3) is 5.56 Å². The van der Waals surface area contributed by atoms with E-state index < -0.39 is 0 Å². The molecule has 0 atom stereocenters. The van der Waals surface area contributed by atoms with Crippen LogP contribution in [0.2, 0.25) is 0 Å². The molecule has 21 heavy (non-hydrogen) atoms. The number of anilines is 1. The number of aromatic amines is 1. The highest BCUT2D eigenvalue weighted by molar-refractivity contribution is 5.78. The van der Waals surface area contributed by atoms with E-state index in [2.05, 4.69) is 15.3 Å². The molecule has 2 N–H and O–H groups in total. The summed E-state index contributed by atoms with van der Waals surface area (Å²) in [6.45, 7) is 0.405. The van der Waals surface area contributed by atoms with Crippen LogP contribution in [0.25, 0.3) is 10.9 Å². The standard InChI is InChI=1S/C16H15N3O2/c1-21-16-14(7-4-8-17-16)18-10-12-9-11-5-2-3-6-13(11)19-15(12)20/h2-9,18H,10H2,1H3,(H,19,20). The molecule has 2 heterocycles. The summed E-state index contributed by atoms with van der Waals surface area (Å²) in [6, 6.07) is 13.3. The van der Waals surface area contributed by atoms with Crippen molar-refractivity contribution in [3.63, 3.8) is 0 Å². The molecule has 5 heteroatoms. The van der Waals surface area contributed by atoms with E-state index in [-0.39, 0.29) is 5.56 Å². The summed E-state index contributed by atoms with van der Waals surface area (Å²) in [5, 5.41) is 4.19. The van der Waals surface area contributed by atoms with Gasteiger partial charge in [-0.25, -0.2) is 4.98 Å². The number of ether oxygens (including phenoxy) is 1. The van der Waals surface area contributed by atoms with Crippen LogP contribution in [0.3, 0.4) is 0 Å². The number of nitrogens with one attached hydrogen (secondary N) is 2. The molecular weight excluding hydrogens is 266 g/mol. The minimum atomic E-state index is -0.0935. The number of H-pyrrole nitrogens is 1. The average molecular weight is 281 g/mol. The first-order chi connectivity index (χ1) is 10.3. The zero-order valence-corrected chi connectivity index (χ0v) is 11.6. The Morgan fingerprint density at radius 1 is 1.24 bits per heavy atom. The smallest absolute Gasteiger partial charge is 0.253 e. The molecule has 3 aromatic rings. The van der Waals surface area contributed by atoms with Crippen molar-refractivity contribution in [1.82, 2.24) is 9.97 Å². The van der Waals surface area contributed by atoms with Crippen LogP contribution in [-0.4, -0.2) is 17.1 Å². The number of pyridine rings is 2. The maximum atomic E-state index is 12.1. The Balaban J connectivity index is 1.88. The van der Waals surface area contributed by atoms with Crippen LogP contribution in [0.4, 0.5) is 5.69 Å². The molecule has 0 aliphatic carbocycles. The van der Waals surface area contributed by atoms with Crippen molar-refractivity contribution in [3.05, 3.63) is 64.6 Å². The molecule has 106 valence electrons. The Morgan fingerprint density at radius 2 is 2.10 bits per heavy atom. The Kier molecular flexibility index (Phi) is 3.55. The van der Waals surface area contributed by atoms with Crippen LogP contribution in [0.15, 0.2) is 53.5 Å². The monoisotopic (exact) mass is 281 g/mol. The van der Waals surface area contributed by atoms with E-state index in [9.17, 15) is 4.79 Å². The van der Waals surface area contributed by atoms with Gasteiger partial charge in [0.2, 0.25) is 5.88 Å². The topological polar surface area (TPSA) is 67.0 Å². The lowest BCUT2D eigenvalue weighted by molar-refractivity contribution is 0.399. The molecule has 0 spiro atoms. The van der Waals surface area contributed by atoms with Crippen LogP contribution < -0.4 is 15.6 Å². The normalized spacial score (nSPS) is 10.5. The van der Waals surface area contributed by atoms with E-state index in [0.29, 0.717) is 18.0 Å². The number of aromatic nitrogens is 2. The zero-order chi connectivity index (χ0) is 14.7. The number of fused-ring (bicyclic) bond motifs is 1. The van der Waals surface area contributed by atoms with Gasteiger partial charge in [-0.3, -0.25) is 4.79 Å². The highest BCUT2D eigenvalue weighted by Gasteiger charge is 2.06. The van der Waals surface area contributed by atoms with Gasteiger partial charge < -0.3 is 15.0 Å². The number of para-hydroxylation sites is 1. The largest absolute Gasteiger partial charge is 0.480 e. The fraction of sp³-hybridized carbons (Fsp3) is 0.125. The first-order valence-electron chi connectivity index (χ1n) is 6.62. The number of rotatable bonds is 4. The molecule has 2 aromatic heterocycles. The molecular formula is C16H15N3O2. The van der Waals surface area contributed by atoms with Gasteiger partial charge in [0, 0.05) is 23.8 Å². The molecule has 5 nitrogen and oxygen atoms in total. The summed E-state index contributed by atoms with van der Waals surface area (Å²) >= 11 is 0. The summed E-state index contributed by atoms with van der Waals surface area (Å²) < 4.78 is 5.17. The summed E-state index contributed by atoms with van der Waals surface area (Å²) in [4.78, 5) is 19.1. The lowest BCUT2D eigenvalue weighted by Gasteiger charge is -2.09. The summed E-state index contributed by atoms with van der Waals surface area (Å²) in [5.74, 6) is 0.509. The fourth-order valence-electron chi connectivity index (χ4n) is 2.20. The van der Waals surface area contributed by atoms with Gasteiger partial charge in [-0.1, -0.05) is 18.2 Å². The maximum Gasteiger partial charge on any atom is 0.253 e. The first-order valence-corrected chi connectivity index (χ1v) is 6.62. The second-order valence-corrected chi connectivity index (χ2v) is 4.62. The summed E-state index contributed by atoms with van der Waals surface area (Å²) in [7, 11) is 1.57. The zero-order valence-electron chi connectivity index (χ0n) is 11.6. The van der Waals surface area contributed by atoms with E-state index in [1.807, 2.05) is 42.5 Å². The Hall–Kier alpha value is -2.82. The van der Waals surface area contributed by atoms with Crippen molar-refractivity contribution < 1.29 is 4.74 Å². The number of hydrogen-bond donors (Lipinski definition) is 2. The van der Waals surface area contributed by atoms with Crippen molar-refractivity contribution in [3.8, 4) is 5.88 Å². The predicted octanol–water partition coefficient (Wildman–Crippen LogP) is 2.54. The predicted molar refractivity (Wildman–Crippen MR) is 82.7 cm³/mol. The SMILES string of the molecule is COc1ncccc1NCc1cc2ccccc2[nH]c1=O. The lowest BCUT2D eigenvalue weighted by atomic mass is 10.1. The van der Waals surface area contributed by atoms with Gasteiger partial charge in [-0.2, -0.15) is 0 Å². The molecule has 0 bridgehead atoms. The van der Waals surface area contributed by atoms with Crippen molar-refractivity contribution >= 4 is 16.6 Å². The molecule has 0 saturated heterocycles. The van der Waals surface area contributed by atoms with Gasteiger partial charge in [-0.15, -0.1) is 0 Å². The Labute approximate surface area is 121 Å². The van der Waals surface area contributed by atoms with Crippen LogP contribution in [-0.2, 0) is 6.54 Å². The molecule has 0 radical (unpaired) electrons. The molecule has 0 amide bonds. The molecule has 0 aliphatic rings. The lowest BCUT2D eigenvalue weighted by Crippen LogP contribution is -2.15. The minimum absolute atomic E-state index is 0.0935. The molecule has 0 saturated carbocycles. The van der Waals surface area contributed by atoms with Crippen molar-refractivity contribution in [1.29, 1.82) is 0 Å². The van der Waals surface area contributed by atoms with E-state index in [1.165, 1.54) is 0 Å². The molecule has 3 rings (SSSR count). The van der Waals surface area contributed by atoms with Gasteiger partial charge in [-0.05, 0) is 29.7 Å². The fourth-order valence-corrected chi connectivity index (χ4v) is 2.20. The minimum Gasteiger partial charge on any atom is -0.480 e. The number of hydrogen-bond acceptors (Lipinski definition) is 4. The quantitative estimate of drug-likeness (QED) is 0.771. The van der Waals surface area contributed by atoms with Gasteiger partial charge in [0.1, 0.15) is 0 Å². The third-order valence-corrected chi connectivity index (χ3v) is 3.26. The molecule has 1 aromatic carbocycles. The number of nitrogens with zero attached hydrogens (tertiary/aromatic N) is 1. The van der Waals surface area contributed by atoms with Crippen molar-refractivity contribution in [2.45, 2.75) is 6.54 Å². The average Bonchev–Trinajstić information content (AvgIpc) is 2.53. The van der Waals surface area contributed by atoms with Gasteiger partial charge in [0.05, 0.1) is 12.8 Å². The van der Waals surface area contributed by atoms with Gasteiger partial charge >= 0.3 is 0 Å². The molecule has 0 aliphatic heterocycles. The third-order valence-electron chi connectivity index (χ3n) is 3.26. The van der Waals surface area contributed by atoms with E-state index in [1.54, 1.807) is 13.3 Å². The maximum absolute atomic E-state index is 12.1. The Bertz CT molecular complexity index is 827. The summed E-state index contributed by atoms with van der Waals surface area (Å²) in [6.07, 6.45) is 1.66. The second-order valence-electron chi connectivity index (χ2n) is 4.62. The molecule has 0 unspecified atom stereocenters. The molecule has 0 fully saturated rings. The van der Waals surface area contributed by atoms with Gasteiger partial charge in [0.15, 0.2) is 0 Å². The van der Waals surface area contributed by atoms with Crippen LogP contribution >= 0.6 is 0 Å². The highest BCUT2D eigenvalue weighted by Crippen LogP contribution is 2.20. The Morgan fingerprint density at radius 3 is 2.95 bits per heavy atom. The second kappa shape index (κ2) is 5.66. The van der Waals surface area contributed by atoms with E-state index in [4.69, 9.17) is 4.74 Å². The van der Waals surface area contributed by atoms with E-state index in [0.717, 1.165) is 16.6 Å². The van der Waals surface area contributed by atoms with Crippen LogP contribution in [0.5, 0.6) is 5.88 Å². The summed E-state index contributed by atoms with van der Waals surface area (Å²) in [5.41, 5.74) is 2.17. The van der Waals surface area contributed by atoms with Crippen LogP contribution in [0.1, 0.15) is 5.56 Å². The number of benzene rings is 1.